The van der Waals surface area contributed by atoms with Crippen LogP contribution < -0.4 is 9.77 Å². The summed E-state index contributed by atoms with van der Waals surface area (Å²) in [5.41, 5.74) is 1.69. The number of thioether (sulfide) groups is 1. The van der Waals surface area contributed by atoms with E-state index in [1.807, 2.05) is 24.3 Å². The van der Waals surface area contributed by atoms with Crippen LogP contribution >= 0.6 is 46.3 Å². The fourth-order valence-electron chi connectivity index (χ4n) is 6.90. The van der Waals surface area contributed by atoms with Crippen molar-refractivity contribution in [2.45, 2.75) is 22.6 Å². The van der Waals surface area contributed by atoms with Crippen LogP contribution in [0, 0.1) is 29.6 Å². The molecule has 3 heterocycles. The van der Waals surface area contributed by atoms with Gasteiger partial charge in [0.05, 0.1) is 22.5 Å². The van der Waals surface area contributed by atoms with Gasteiger partial charge in [-0.05, 0) is 66.1 Å². The number of halogens is 2. The quantitative estimate of drug-likeness (QED) is 0.450. The topological polar surface area (TPSA) is 70.2 Å². The van der Waals surface area contributed by atoms with Crippen molar-refractivity contribution >= 4 is 63.8 Å². The van der Waals surface area contributed by atoms with Crippen LogP contribution in [0.3, 0.4) is 0 Å². The number of carbonyl (C=O) groups excluding carboxylic acids is 2. The molecule has 34 heavy (non-hydrogen) atoms. The molecule has 7 rings (SSSR count). The third-order valence-corrected chi connectivity index (χ3v) is 11.1. The number of H-pyrrole nitrogens is 1. The second-order valence-corrected chi connectivity index (χ2v) is 12.6. The highest BCUT2D eigenvalue weighted by atomic mass is 35.5. The molecule has 2 saturated carbocycles. The fourth-order valence-corrected chi connectivity index (χ4v) is 10.0. The average Bonchev–Trinajstić information content (AvgIpc) is 3.54. The predicted molar refractivity (Wildman–Crippen MR) is 134 cm³/mol. The Hall–Kier alpha value is -2.06. The summed E-state index contributed by atoms with van der Waals surface area (Å²) < 4.78 is 0. The first-order valence-corrected chi connectivity index (χ1v) is 13.7. The number of carbonyl (C=O) groups is 2. The van der Waals surface area contributed by atoms with Gasteiger partial charge in [-0.15, -0.1) is 11.8 Å². The molecule has 0 spiro atoms. The summed E-state index contributed by atoms with van der Waals surface area (Å²) in [7, 11) is 0. The van der Waals surface area contributed by atoms with Gasteiger partial charge in [-0.25, -0.2) is 0 Å². The lowest BCUT2D eigenvalue weighted by Gasteiger charge is -2.43. The van der Waals surface area contributed by atoms with Crippen LogP contribution in [-0.2, 0) is 9.59 Å². The maximum absolute atomic E-state index is 13.7. The number of anilines is 1. The largest absolute Gasteiger partial charge is 0.307 e. The van der Waals surface area contributed by atoms with Crippen LogP contribution in [0.4, 0.5) is 5.69 Å². The Morgan fingerprint density at radius 2 is 1.47 bits per heavy atom. The van der Waals surface area contributed by atoms with Gasteiger partial charge in [0.2, 0.25) is 11.8 Å². The molecule has 2 aromatic carbocycles. The highest BCUT2D eigenvalue weighted by Crippen LogP contribution is 2.68. The number of rotatable bonds is 2. The lowest BCUT2D eigenvalue weighted by molar-refractivity contribution is -0.123. The predicted octanol–water partition coefficient (Wildman–Crippen LogP) is 5.42. The van der Waals surface area contributed by atoms with Crippen LogP contribution in [-0.4, -0.2) is 22.0 Å². The van der Waals surface area contributed by atoms with Crippen LogP contribution in [0.5, 0.6) is 0 Å². The minimum Gasteiger partial charge on any atom is -0.307 e. The van der Waals surface area contributed by atoms with Crippen LogP contribution in [0.15, 0.2) is 58.4 Å². The molecule has 9 heteroatoms. The van der Waals surface area contributed by atoms with E-state index in [0.717, 1.165) is 21.9 Å². The first-order valence-electron chi connectivity index (χ1n) is 11.2. The Kier molecular flexibility index (Phi) is 4.67. The van der Waals surface area contributed by atoms with Crippen molar-refractivity contribution in [3.8, 4) is 0 Å². The summed E-state index contributed by atoms with van der Waals surface area (Å²) in [4.78, 5) is 44.9. The van der Waals surface area contributed by atoms with Crippen molar-refractivity contribution < 1.29 is 9.59 Å². The van der Waals surface area contributed by atoms with E-state index in [0.29, 0.717) is 15.7 Å². The number of fused-ring (bicyclic) bond motifs is 9. The van der Waals surface area contributed by atoms with Crippen LogP contribution in [0.1, 0.15) is 22.8 Å². The van der Waals surface area contributed by atoms with Crippen LogP contribution in [0.25, 0.3) is 0 Å². The smallest absolute Gasteiger partial charge is 0.305 e. The molecule has 1 aromatic heterocycles. The molecule has 2 bridgehead atoms. The van der Waals surface area contributed by atoms with Gasteiger partial charge in [-0.1, -0.05) is 46.7 Å². The monoisotopic (exact) mass is 528 g/mol. The Morgan fingerprint density at radius 3 is 2.15 bits per heavy atom. The lowest BCUT2D eigenvalue weighted by Crippen LogP contribution is -2.42. The summed E-state index contributed by atoms with van der Waals surface area (Å²) >= 11 is 15.2. The van der Waals surface area contributed by atoms with E-state index in [9.17, 15) is 14.4 Å². The van der Waals surface area contributed by atoms with Gasteiger partial charge in [-0.2, -0.15) is 0 Å². The number of nitrogens with one attached hydrogen (secondary N) is 1. The number of imide groups is 1. The van der Waals surface area contributed by atoms with E-state index in [4.69, 9.17) is 23.2 Å². The zero-order valence-corrected chi connectivity index (χ0v) is 20.8. The number of nitrogens with zero attached hydrogens (tertiary/aromatic N) is 1. The molecule has 2 aliphatic carbocycles. The number of amides is 2. The highest BCUT2D eigenvalue weighted by Gasteiger charge is 2.69. The van der Waals surface area contributed by atoms with Crippen molar-refractivity contribution in [2.75, 3.05) is 4.90 Å². The third kappa shape index (κ3) is 2.84. The van der Waals surface area contributed by atoms with E-state index in [-0.39, 0.29) is 57.4 Å². The lowest BCUT2D eigenvalue weighted by atomic mass is 9.68. The van der Waals surface area contributed by atoms with E-state index >= 15 is 0 Å². The van der Waals surface area contributed by atoms with Crippen molar-refractivity contribution in [1.29, 1.82) is 0 Å². The van der Waals surface area contributed by atoms with E-state index in [2.05, 4.69) is 4.98 Å². The van der Waals surface area contributed by atoms with Gasteiger partial charge in [0, 0.05) is 26.1 Å². The van der Waals surface area contributed by atoms with Crippen LogP contribution in [0.2, 0.25) is 10.0 Å². The number of aromatic amines is 1. The van der Waals surface area contributed by atoms with Crippen molar-refractivity contribution in [2.24, 2.45) is 29.6 Å². The van der Waals surface area contributed by atoms with Gasteiger partial charge in [0.15, 0.2) is 0 Å². The molecule has 3 fully saturated rings. The minimum atomic E-state index is -0.318. The summed E-state index contributed by atoms with van der Waals surface area (Å²) in [6.07, 6.45) is 0.868. The van der Waals surface area contributed by atoms with Gasteiger partial charge >= 0.3 is 4.87 Å². The SMILES string of the molecule is O=C1C2C3CC(C2C(=O)N1c1ccc(Cl)cc1)C1C3Sc2[nH]c(=O)sc2[C@@H]1c1ccc(Cl)cc1. The molecule has 5 nitrogen and oxygen atoms in total. The number of aromatic nitrogens is 1. The highest BCUT2D eigenvalue weighted by molar-refractivity contribution is 8.00. The number of hydrogen-bond donors (Lipinski definition) is 1. The first-order chi connectivity index (χ1) is 16.4. The van der Waals surface area contributed by atoms with Crippen molar-refractivity contribution in [3.05, 3.63) is 78.7 Å². The fraction of sp³-hybridized carbons (Fsp3) is 0.320. The Balaban J connectivity index is 1.32. The third-order valence-electron chi connectivity index (χ3n) is 8.04. The van der Waals surface area contributed by atoms with Crippen molar-refractivity contribution in [1.82, 2.24) is 4.98 Å². The van der Waals surface area contributed by atoms with E-state index in [1.165, 1.54) is 16.2 Å². The maximum atomic E-state index is 13.7. The Morgan fingerprint density at radius 1 is 0.853 bits per heavy atom. The summed E-state index contributed by atoms with van der Waals surface area (Å²) in [6, 6.07) is 14.7. The zero-order chi connectivity index (χ0) is 23.3. The average molecular weight is 529 g/mol. The van der Waals surface area contributed by atoms with E-state index < -0.39 is 0 Å². The molecule has 1 N–H and O–H groups in total. The first kappa shape index (κ1) is 21.2. The normalized spacial score (nSPS) is 33.2. The summed E-state index contributed by atoms with van der Waals surface area (Å²) in [6.45, 7) is 0. The maximum Gasteiger partial charge on any atom is 0.305 e. The molecular formula is C25H18Cl2N2O3S2. The van der Waals surface area contributed by atoms with Gasteiger partial charge in [0.1, 0.15) is 0 Å². The minimum absolute atomic E-state index is 0.00546. The molecule has 7 atom stereocenters. The van der Waals surface area contributed by atoms with Gasteiger partial charge < -0.3 is 4.98 Å². The van der Waals surface area contributed by atoms with Gasteiger partial charge in [-0.3, -0.25) is 19.3 Å². The molecule has 1 saturated heterocycles. The Labute approximate surface area is 213 Å². The molecule has 2 amide bonds. The molecular weight excluding hydrogens is 511 g/mol. The second kappa shape index (κ2) is 7.47. The Bertz CT molecular complexity index is 1400. The number of hydrogen-bond acceptors (Lipinski definition) is 5. The summed E-state index contributed by atoms with van der Waals surface area (Å²) in [5, 5.41) is 2.31. The summed E-state index contributed by atoms with van der Waals surface area (Å²) in [5.74, 6) is -0.448. The van der Waals surface area contributed by atoms with E-state index in [1.54, 1.807) is 36.0 Å². The molecule has 172 valence electrons. The molecule has 0 radical (unpaired) electrons. The van der Waals surface area contributed by atoms with Gasteiger partial charge in [0.25, 0.3) is 0 Å². The second-order valence-electron chi connectivity index (χ2n) is 9.50. The zero-order valence-electron chi connectivity index (χ0n) is 17.6. The molecule has 3 aromatic rings. The number of thiazole rings is 1. The molecule has 2 aliphatic heterocycles. The molecule has 6 unspecified atom stereocenters. The van der Waals surface area contributed by atoms with Crippen molar-refractivity contribution in [3.63, 3.8) is 0 Å². The standard InChI is InChI=1S/C25H18Cl2N2O3S2/c26-11-3-1-10(2-4-11)16-17-14-9-15(20(17)33-22-21(16)34-25(32)28-22)19-18(14)23(30)29(24(19)31)13-7-5-12(27)6-8-13/h1-8,14-20H,9H2,(H,28,32)/t14?,15?,16-,17?,18?,19?,20?/m1/s1. The number of benzene rings is 2. The molecule has 4 aliphatic rings.